The number of pyridine rings is 1. The number of hydrogen-bond acceptors (Lipinski definition) is 4. The monoisotopic (exact) mass is 509 g/mol. The van der Waals surface area contributed by atoms with Gasteiger partial charge in [0.1, 0.15) is 6.04 Å². The van der Waals surface area contributed by atoms with Gasteiger partial charge in [-0.15, -0.1) is 0 Å². The fourth-order valence-corrected chi connectivity index (χ4v) is 5.67. The summed E-state index contributed by atoms with van der Waals surface area (Å²) in [5.74, 6) is 0. The van der Waals surface area contributed by atoms with E-state index < -0.39 is 0 Å². The third kappa shape index (κ3) is 4.49. The summed E-state index contributed by atoms with van der Waals surface area (Å²) in [7, 11) is 0. The van der Waals surface area contributed by atoms with Crippen LogP contribution in [-0.2, 0) is 4.74 Å². The summed E-state index contributed by atoms with van der Waals surface area (Å²) in [5, 5.41) is 4.29. The van der Waals surface area contributed by atoms with Crippen LogP contribution in [0.5, 0.6) is 0 Å². The first-order valence-electron chi connectivity index (χ1n) is 12.8. The molecule has 2 fully saturated rings. The number of nitrogens with zero attached hydrogens (tertiary/aromatic N) is 4. The summed E-state index contributed by atoms with van der Waals surface area (Å²) in [4.78, 5) is 9.32. The molecule has 2 atom stereocenters. The first-order chi connectivity index (χ1) is 18.1. The van der Waals surface area contributed by atoms with Crippen molar-refractivity contribution >= 4 is 28.7 Å². The van der Waals surface area contributed by atoms with Gasteiger partial charge in [0.25, 0.3) is 0 Å². The van der Waals surface area contributed by atoms with Crippen LogP contribution in [0.25, 0.3) is 5.69 Å². The average molecular weight is 510 g/mol. The van der Waals surface area contributed by atoms with E-state index >= 15 is 0 Å². The molecule has 7 heteroatoms. The number of ether oxygens (including phenoxy) is 1. The van der Waals surface area contributed by atoms with Gasteiger partial charge < -0.3 is 24.4 Å². The predicted octanol–water partition coefficient (Wildman–Crippen LogP) is 5.50. The van der Waals surface area contributed by atoms with Gasteiger partial charge in [0, 0.05) is 48.2 Å². The van der Waals surface area contributed by atoms with Crippen LogP contribution in [0.15, 0.2) is 85.2 Å². The number of anilines is 2. The number of aromatic nitrogens is 2. The van der Waals surface area contributed by atoms with E-state index in [2.05, 4.69) is 100 Å². The Morgan fingerprint density at radius 2 is 1.62 bits per heavy atom. The van der Waals surface area contributed by atoms with Crippen molar-refractivity contribution in [3.8, 4) is 5.69 Å². The highest BCUT2D eigenvalue weighted by molar-refractivity contribution is 7.80. The van der Waals surface area contributed by atoms with Crippen molar-refractivity contribution in [1.29, 1.82) is 0 Å². The standard InChI is InChI=1S/C30H31N5OS/c1-21-8-9-25(20-22(21)2)34-15-5-7-27(34)29-28(26-6-3-4-14-31-26)32-30(37)35(29)24-12-10-23(11-13-24)33-16-18-36-19-17-33/h3-15,20,28-29H,16-19H2,1-2H3,(H,32,37)/t28-,29+/m1/s1. The quantitative estimate of drug-likeness (QED) is 0.358. The van der Waals surface area contributed by atoms with E-state index in [-0.39, 0.29) is 12.1 Å². The van der Waals surface area contributed by atoms with Crippen LogP contribution in [-0.4, -0.2) is 41.0 Å². The van der Waals surface area contributed by atoms with Crippen LogP contribution < -0.4 is 15.1 Å². The van der Waals surface area contributed by atoms with Gasteiger partial charge in [-0.25, -0.2) is 0 Å². The Kier molecular flexibility index (Phi) is 6.40. The molecule has 4 aromatic rings. The van der Waals surface area contributed by atoms with Crippen LogP contribution in [0.3, 0.4) is 0 Å². The molecular weight excluding hydrogens is 478 g/mol. The smallest absolute Gasteiger partial charge is 0.174 e. The van der Waals surface area contributed by atoms with Gasteiger partial charge in [-0.1, -0.05) is 12.1 Å². The third-order valence-corrected chi connectivity index (χ3v) is 7.77. The second-order valence-electron chi connectivity index (χ2n) is 9.68. The van der Waals surface area contributed by atoms with Crippen molar-refractivity contribution in [1.82, 2.24) is 14.9 Å². The van der Waals surface area contributed by atoms with Gasteiger partial charge in [-0.3, -0.25) is 4.98 Å². The Morgan fingerprint density at radius 1 is 0.865 bits per heavy atom. The molecule has 4 heterocycles. The lowest BCUT2D eigenvalue weighted by molar-refractivity contribution is 0.122. The largest absolute Gasteiger partial charge is 0.378 e. The molecule has 0 saturated carbocycles. The molecule has 188 valence electrons. The molecule has 2 aliphatic rings. The summed E-state index contributed by atoms with van der Waals surface area (Å²) in [6.07, 6.45) is 3.98. The SMILES string of the molecule is Cc1ccc(-n2cccc2[C@H]2[C@@H](c3ccccn3)NC(=S)N2c2ccc(N3CCOCC3)cc2)cc1C. The van der Waals surface area contributed by atoms with Crippen molar-refractivity contribution in [3.05, 3.63) is 108 Å². The van der Waals surface area contributed by atoms with Crippen LogP contribution >= 0.6 is 12.2 Å². The second kappa shape index (κ2) is 10.00. The Balaban J connectivity index is 1.42. The summed E-state index contributed by atoms with van der Waals surface area (Å²) >= 11 is 5.96. The zero-order chi connectivity index (χ0) is 25.4. The molecule has 2 saturated heterocycles. The number of morpholine rings is 1. The molecule has 37 heavy (non-hydrogen) atoms. The highest BCUT2D eigenvalue weighted by atomic mass is 32.1. The number of aryl methyl sites for hydroxylation is 2. The van der Waals surface area contributed by atoms with Gasteiger partial charge >= 0.3 is 0 Å². The number of hydrogen-bond donors (Lipinski definition) is 1. The van der Waals surface area contributed by atoms with E-state index in [0.717, 1.165) is 49.1 Å². The summed E-state index contributed by atoms with van der Waals surface area (Å²) in [5.41, 5.74) is 8.10. The van der Waals surface area contributed by atoms with E-state index in [1.807, 2.05) is 18.3 Å². The summed E-state index contributed by atoms with van der Waals surface area (Å²) in [6.45, 7) is 7.67. The number of rotatable bonds is 5. The minimum atomic E-state index is -0.0900. The molecule has 0 radical (unpaired) electrons. The lowest BCUT2D eigenvalue weighted by Gasteiger charge is -2.31. The Hall–Kier alpha value is -3.68. The maximum Gasteiger partial charge on any atom is 0.174 e. The maximum atomic E-state index is 5.96. The molecule has 0 aliphatic carbocycles. The number of nitrogens with one attached hydrogen (secondary N) is 1. The van der Waals surface area contributed by atoms with Crippen LogP contribution in [0.2, 0.25) is 0 Å². The predicted molar refractivity (Wildman–Crippen MR) is 153 cm³/mol. The molecule has 0 unspecified atom stereocenters. The third-order valence-electron chi connectivity index (χ3n) is 7.45. The molecule has 6 rings (SSSR count). The highest BCUT2D eigenvalue weighted by Crippen LogP contribution is 2.42. The number of benzene rings is 2. The van der Waals surface area contributed by atoms with E-state index in [0.29, 0.717) is 5.11 Å². The fourth-order valence-electron chi connectivity index (χ4n) is 5.32. The molecule has 1 N–H and O–H groups in total. The lowest BCUT2D eigenvalue weighted by Crippen LogP contribution is -2.36. The first-order valence-corrected chi connectivity index (χ1v) is 13.2. The molecule has 2 aliphatic heterocycles. The zero-order valence-corrected chi connectivity index (χ0v) is 22.0. The van der Waals surface area contributed by atoms with Crippen LogP contribution in [0.4, 0.5) is 11.4 Å². The van der Waals surface area contributed by atoms with Gasteiger partial charge in [0.05, 0.1) is 24.9 Å². The minimum absolute atomic E-state index is 0.0757. The fraction of sp³-hybridized carbons (Fsp3) is 0.267. The lowest BCUT2D eigenvalue weighted by atomic mass is 10.0. The summed E-state index contributed by atoms with van der Waals surface area (Å²) < 4.78 is 7.80. The van der Waals surface area contributed by atoms with Crippen LogP contribution in [0, 0.1) is 13.8 Å². The molecule has 0 amide bonds. The van der Waals surface area contributed by atoms with Gasteiger partial charge in [0.2, 0.25) is 0 Å². The topological polar surface area (TPSA) is 45.6 Å². The van der Waals surface area contributed by atoms with Crippen molar-refractivity contribution < 1.29 is 4.74 Å². The molecular formula is C30H31N5OS. The average Bonchev–Trinajstić information content (AvgIpc) is 3.56. The Bertz CT molecular complexity index is 1400. The van der Waals surface area contributed by atoms with Gasteiger partial charge in [0.15, 0.2) is 5.11 Å². The number of thiocarbonyl (C=S) groups is 1. The van der Waals surface area contributed by atoms with Crippen LogP contribution in [0.1, 0.15) is 34.6 Å². The first kappa shape index (κ1) is 23.7. The Labute approximate surface area is 223 Å². The summed E-state index contributed by atoms with van der Waals surface area (Å²) in [6, 6.07) is 25.5. The normalized spacial score (nSPS) is 19.8. The van der Waals surface area contributed by atoms with E-state index in [1.54, 1.807) is 0 Å². The van der Waals surface area contributed by atoms with Crippen molar-refractivity contribution in [2.24, 2.45) is 0 Å². The van der Waals surface area contributed by atoms with Crippen molar-refractivity contribution in [3.63, 3.8) is 0 Å². The van der Waals surface area contributed by atoms with Gasteiger partial charge in [-0.2, -0.15) is 0 Å². The van der Waals surface area contributed by atoms with Crippen molar-refractivity contribution in [2.45, 2.75) is 25.9 Å². The second-order valence-corrected chi connectivity index (χ2v) is 10.1. The van der Waals surface area contributed by atoms with E-state index in [1.165, 1.54) is 16.8 Å². The van der Waals surface area contributed by atoms with E-state index in [4.69, 9.17) is 21.9 Å². The van der Waals surface area contributed by atoms with Crippen molar-refractivity contribution in [2.75, 3.05) is 36.1 Å². The molecule has 2 aromatic heterocycles. The highest BCUT2D eigenvalue weighted by Gasteiger charge is 2.42. The molecule has 6 nitrogen and oxygen atoms in total. The minimum Gasteiger partial charge on any atom is -0.378 e. The maximum absolute atomic E-state index is 5.96. The molecule has 0 bridgehead atoms. The Morgan fingerprint density at radius 3 is 2.35 bits per heavy atom. The van der Waals surface area contributed by atoms with E-state index in [9.17, 15) is 0 Å². The van der Waals surface area contributed by atoms with Gasteiger partial charge in [-0.05, 0) is 97.9 Å². The molecule has 0 spiro atoms. The molecule has 2 aromatic carbocycles. The zero-order valence-electron chi connectivity index (χ0n) is 21.2.